The first kappa shape index (κ1) is 17.2. The van der Waals surface area contributed by atoms with Crippen molar-refractivity contribution in [3.63, 3.8) is 0 Å². The zero-order chi connectivity index (χ0) is 17.3. The fourth-order valence-corrected chi connectivity index (χ4v) is 2.62. The average Bonchev–Trinajstić information content (AvgIpc) is 2.67. The predicted molar refractivity (Wildman–Crippen MR) is 92.8 cm³/mol. The molecule has 3 rings (SSSR count). The molecule has 1 saturated heterocycles. The second-order valence-corrected chi connectivity index (χ2v) is 5.86. The maximum atomic E-state index is 12.1. The van der Waals surface area contributed by atoms with Gasteiger partial charge in [-0.15, -0.1) is 5.10 Å². The summed E-state index contributed by atoms with van der Waals surface area (Å²) < 4.78 is 5.75. The Labute approximate surface area is 146 Å². The lowest BCUT2D eigenvalue weighted by molar-refractivity contribution is -0.124. The first-order valence-electron chi connectivity index (χ1n) is 8.31. The molecule has 8 nitrogen and oxygen atoms in total. The van der Waals surface area contributed by atoms with E-state index in [-0.39, 0.29) is 12.0 Å². The molecule has 8 heteroatoms. The van der Waals surface area contributed by atoms with Crippen molar-refractivity contribution in [3.05, 3.63) is 48.4 Å². The third kappa shape index (κ3) is 5.77. The molecule has 1 fully saturated rings. The van der Waals surface area contributed by atoms with Crippen LogP contribution in [0.5, 0.6) is 0 Å². The summed E-state index contributed by atoms with van der Waals surface area (Å²) in [6.45, 7) is 3.56. The summed E-state index contributed by atoms with van der Waals surface area (Å²) in [7, 11) is 0. The number of ether oxygens (including phenoxy) is 1. The lowest BCUT2D eigenvalue weighted by Crippen LogP contribution is -2.48. The van der Waals surface area contributed by atoms with Gasteiger partial charge in [0.1, 0.15) is 5.82 Å². The van der Waals surface area contributed by atoms with Gasteiger partial charge in [-0.1, -0.05) is 6.07 Å². The molecule has 2 aromatic rings. The molecule has 2 aromatic heterocycles. The number of carbonyl (C=O) groups excluding carboxylic acids is 1. The molecule has 0 radical (unpaired) electrons. The standard InChI is InChI=1S/C17H22N6O2/c24-17(20-10-14-3-1-5-18-9-14)13-23-7-8-25-15(12-23)11-19-16-4-2-6-21-22-16/h1-6,9,15H,7-8,10-13H2,(H,19,22)(H,20,24). The van der Waals surface area contributed by atoms with Crippen LogP contribution in [0.15, 0.2) is 42.9 Å². The Balaban J connectivity index is 1.39. The highest BCUT2D eigenvalue weighted by Crippen LogP contribution is 2.07. The SMILES string of the molecule is O=C(CN1CCOC(CNc2cccnn2)C1)NCc1cccnc1. The highest BCUT2D eigenvalue weighted by atomic mass is 16.5. The van der Waals surface area contributed by atoms with E-state index in [1.165, 1.54) is 0 Å². The van der Waals surface area contributed by atoms with Crippen LogP contribution in [0.4, 0.5) is 5.82 Å². The fraction of sp³-hybridized carbons (Fsp3) is 0.412. The van der Waals surface area contributed by atoms with E-state index in [0.717, 1.165) is 17.9 Å². The van der Waals surface area contributed by atoms with Gasteiger partial charge in [-0.25, -0.2) is 0 Å². The predicted octanol–water partition coefficient (Wildman–Crippen LogP) is 0.301. The Morgan fingerprint density at radius 1 is 1.32 bits per heavy atom. The van der Waals surface area contributed by atoms with Gasteiger partial charge in [-0.05, 0) is 23.8 Å². The van der Waals surface area contributed by atoms with Gasteiger partial charge < -0.3 is 15.4 Å². The van der Waals surface area contributed by atoms with Crippen molar-refractivity contribution in [2.45, 2.75) is 12.6 Å². The average molecular weight is 342 g/mol. The summed E-state index contributed by atoms with van der Waals surface area (Å²) >= 11 is 0. The molecular formula is C17H22N6O2. The number of aromatic nitrogens is 3. The molecule has 1 unspecified atom stereocenters. The van der Waals surface area contributed by atoms with Gasteiger partial charge in [-0.2, -0.15) is 5.10 Å². The Morgan fingerprint density at radius 3 is 3.04 bits per heavy atom. The number of hydrogen-bond acceptors (Lipinski definition) is 7. The lowest BCUT2D eigenvalue weighted by Gasteiger charge is -2.32. The number of amides is 1. The molecule has 1 aliphatic heterocycles. The van der Waals surface area contributed by atoms with Gasteiger partial charge in [0.25, 0.3) is 0 Å². The lowest BCUT2D eigenvalue weighted by atomic mass is 10.2. The smallest absolute Gasteiger partial charge is 0.234 e. The van der Waals surface area contributed by atoms with Crippen LogP contribution < -0.4 is 10.6 Å². The second-order valence-electron chi connectivity index (χ2n) is 5.86. The molecule has 0 saturated carbocycles. The van der Waals surface area contributed by atoms with Crippen molar-refractivity contribution in [2.75, 3.05) is 38.1 Å². The Kier molecular flexibility index (Phi) is 6.24. The highest BCUT2D eigenvalue weighted by Gasteiger charge is 2.22. The van der Waals surface area contributed by atoms with E-state index in [0.29, 0.717) is 32.8 Å². The van der Waals surface area contributed by atoms with Crippen LogP contribution in [0.3, 0.4) is 0 Å². The van der Waals surface area contributed by atoms with Crippen LogP contribution in [0.25, 0.3) is 0 Å². The van der Waals surface area contributed by atoms with Crippen molar-refractivity contribution >= 4 is 11.7 Å². The number of morpholine rings is 1. The maximum Gasteiger partial charge on any atom is 0.234 e. The van der Waals surface area contributed by atoms with Crippen molar-refractivity contribution < 1.29 is 9.53 Å². The van der Waals surface area contributed by atoms with E-state index < -0.39 is 0 Å². The molecule has 25 heavy (non-hydrogen) atoms. The summed E-state index contributed by atoms with van der Waals surface area (Å²) in [4.78, 5) is 18.3. The molecule has 1 amide bonds. The van der Waals surface area contributed by atoms with E-state index in [1.807, 2.05) is 24.3 Å². The minimum Gasteiger partial charge on any atom is -0.374 e. The molecule has 0 spiro atoms. The van der Waals surface area contributed by atoms with Crippen LogP contribution >= 0.6 is 0 Å². The number of hydrogen-bond donors (Lipinski definition) is 2. The minimum atomic E-state index is 0.00592. The molecule has 0 aliphatic carbocycles. The third-order valence-electron chi connectivity index (χ3n) is 3.89. The first-order chi connectivity index (χ1) is 12.3. The van der Waals surface area contributed by atoms with Gasteiger partial charge in [0, 0.05) is 44.8 Å². The number of pyridine rings is 1. The van der Waals surface area contributed by atoms with E-state index >= 15 is 0 Å². The van der Waals surface area contributed by atoms with Crippen molar-refractivity contribution in [2.24, 2.45) is 0 Å². The molecule has 2 N–H and O–H groups in total. The summed E-state index contributed by atoms with van der Waals surface area (Å²) in [6, 6.07) is 7.49. The molecule has 0 aromatic carbocycles. The highest BCUT2D eigenvalue weighted by molar-refractivity contribution is 5.78. The number of anilines is 1. The van der Waals surface area contributed by atoms with Crippen molar-refractivity contribution in [1.29, 1.82) is 0 Å². The monoisotopic (exact) mass is 342 g/mol. The number of nitrogens with one attached hydrogen (secondary N) is 2. The second kappa shape index (κ2) is 9.05. The summed E-state index contributed by atoms with van der Waals surface area (Å²) in [5.74, 6) is 0.726. The van der Waals surface area contributed by atoms with Gasteiger partial charge in [0.05, 0.1) is 19.3 Å². The zero-order valence-electron chi connectivity index (χ0n) is 14.0. The number of nitrogens with zero attached hydrogens (tertiary/aromatic N) is 4. The largest absolute Gasteiger partial charge is 0.374 e. The van der Waals surface area contributed by atoms with Gasteiger partial charge in [0.15, 0.2) is 0 Å². The van der Waals surface area contributed by atoms with Crippen molar-refractivity contribution in [1.82, 2.24) is 25.4 Å². The number of rotatable bonds is 7. The van der Waals surface area contributed by atoms with E-state index in [4.69, 9.17) is 4.74 Å². The maximum absolute atomic E-state index is 12.1. The summed E-state index contributed by atoms with van der Waals surface area (Å²) in [6.07, 6.45) is 5.12. The van der Waals surface area contributed by atoms with Crippen LogP contribution in [0.1, 0.15) is 5.56 Å². The van der Waals surface area contributed by atoms with Gasteiger partial charge in [-0.3, -0.25) is 14.7 Å². The quantitative estimate of drug-likeness (QED) is 0.748. The van der Waals surface area contributed by atoms with E-state index in [9.17, 15) is 4.79 Å². The zero-order valence-corrected chi connectivity index (χ0v) is 14.0. The minimum absolute atomic E-state index is 0.00592. The van der Waals surface area contributed by atoms with Crippen LogP contribution in [-0.2, 0) is 16.1 Å². The Hall–Kier alpha value is -2.58. The molecule has 3 heterocycles. The Morgan fingerprint density at radius 2 is 2.24 bits per heavy atom. The van der Waals surface area contributed by atoms with Gasteiger partial charge in [0.2, 0.25) is 5.91 Å². The molecule has 132 valence electrons. The third-order valence-corrected chi connectivity index (χ3v) is 3.89. The molecule has 1 aliphatic rings. The fourth-order valence-electron chi connectivity index (χ4n) is 2.62. The number of carbonyl (C=O) groups is 1. The van der Waals surface area contributed by atoms with E-state index in [1.54, 1.807) is 18.6 Å². The van der Waals surface area contributed by atoms with Crippen molar-refractivity contribution in [3.8, 4) is 0 Å². The summed E-state index contributed by atoms with van der Waals surface area (Å²) in [5, 5.41) is 13.9. The topological polar surface area (TPSA) is 92.3 Å². The van der Waals surface area contributed by atoms with Crippen LogP contribution in [0, 0.1) is 0 Å². The van der Waals surface area contributed by atoms with Gasteiger partial charge >= 0.3 is 0 Å². The first-order valence-corrected chi connectivity index (χ1v) is 8.31. The molecule has 0 bridgehead atoms. The molecular weight excluding hydrogens is 320 g/mol. The molecule has 1 atom stereocenters. The summed E-state index contributed by atoms with van der Waals surface area (Å²) in [5.41, 5.74) is 0.990. The Bertz CT molecular complexity index is 655. The normalized spacial score (nSPS) is 17.8. The van der Waals surface area contributed by atoms with E-state index in [2.05, 4.69) is 30.7 Å². The van der Waals surface area contributed by atoms with Crippen LogP contribution in [-0.4, -0.2) is 64.9 Å². The van der Waals surface area contributed by atoms with Crippen LogP contribution in [0.2, 0.25) is 0 Å².